The van der Waals surface area contributed by atoms with Crippen LogP contribution in [-0.4, -0.2) is 38.1 Å². The molecule has 3 rings (SSSR count). The van der Waals surface area contributed by atoms with Crippen LogP contribution in [0.3, 0.4) is 0 Å². The summed E-state index contributed by atoms with van der Waals surface area (Å²) < 4.78 is 10.6. The molecule has 2 heterocycles. The van der Waals surface area contributed by atoms with Crippen molar-refractivity contribution in [3.8, 4) is 11.5 Å². The quantitative estimate of drug-likeness (QED) is 0.533. The zero-order valence-electron chi connectivity index (χ0n) is 11.8. The topological polar surface area (TPSA) is 147 Å². The van der Waals surface area contributed by atoms with E-state index in [2.05, 4.69) is 20.6 Å². The number of H-pyrrole nitrogens is 1. The highest BCUT2D eigenvalue weighted by molar-refractivity contribution is 6.59. The maximum atomic E-state index is 11.8. The molecule has 23 heavy (non-hydrogen) atoms. The number of benzene rings is 1. The molecule has 0 fully saturated rings. The number of nitrogens with one attached hydrogen (secondary N) is 1. The molecule has 1 amide bonds. The molecule has 0 aliphatic carbocycles. The van der Waals surface area contributed by atoms with E-state index in [0.29, 0.717) is 11.3 Å². The lowest BCUT2D eigenvalue weighted by molar-refractivity contribution is 0.0993. The number of aromatic nitrogens is 3. The van der Waals surface area contributed by atoms with Crippen LogP contribution in [0.5, 0.6) is 11.5 Å². The second-order valence-corrected chi connectivity index (χ2v) is 5.09. The lowest BCUT2D eigenvalue weighted by atomic mass is 9.70. The molecule has 10 nitrogen and oxygen atoms in total. The van der Waals surface area contributed by atoms with E-state index < -0.39 is 12.7 Å². The molecular formula is C12H12BN4O6-. The monoisotopic (exact) mass is 319 g/mol. The van der Waals surface area contributed by atoms with E-state index in [9.17, 15) is 19.7 Å². The molecule has 1 aliphatic heterocycles. The number of carbonyl (C=O) groups is 1. The molecule has 0 atom stereocenters. The molecule has 0 spiro atoms. The molecule has 0 saturated carbocycles. The third-order valence-corrected chi connectivity index (χ3v) is 3.44. The van der Waals surface area contributed by atoms with Gasteiger partial charge in [-0.3, -0.25) is 9.89 Å². The lowest BCUT2D eigenvalue weighted by Gasteiger charge is -2.37. The molecule has 3 N–H and O–H groups in total. The summed E-state index contributed by atoms with van der Waals surface area (Å²) in [6, 6.07) is 3.12. The highest BCUT2D eigenvalue weighted by Crippen LogP contribution is 2.38. The standard InChI is InChI=1S/C12H12BN4O6/c18-12(16-21)10-9(22-6-8-5-14-17-15-8)2-1-7-3-4-13(19,20)23-11(7)10/h1-2,5,19-20H,3-4,6H2,(H,14,15,17)/q-1. The van der Waals surface area contributed by atoms with Crippen molar-refractivity contribution >= 4 is 12.7 Å². The van der Waals surface area contributed by atoms with E-state index in [0.717, 1.165) is 0 Å². The predicted octanol–water partition coefficient (Wildman–Crippen LogP) is 0.149. The third-order valence-electron chi connectivity index (χ3n) is 3.44. The van der Waals surface area contributed by atoms with Crippen LogP contribution in [0.25, 0.3) is 0 Å². The number of carbonyl (C=O) groups excluding carboxylic acids is 1. The molecule has 2 aromatic rings. The Hall–Kier alpha value is -2.79. The van der Waals surface area contributed by atoms with E-state index >= 15 is 0 Å². The SMILES string of the molecule is O=NC(=O)c1c(OCc2c[nH]nn2)ccc2c1O[B-](O)(O)CC2. The average Bonchev–Trinajstić information content (AvgIpc) is 3.04. The number of nitrogens with zero attached hydrogens (tertiary/aromatic N) is 3. The van der Waals surface area contributed by atoms with Crippen LogP contribution in [0, 0.1) is 4.91 Å². The van der Waals surface area contributed by atoms with Crippen molar-refractivity contribution in [3.63, 3.8) is 0 Å². The highest BCUT2D eigenvalue weighted by atomic mass is 16.6. The van der Waals surface area contributed by atoms with E-state index in [-0.39, 0.29) is 36.4 Å². The lowest BCUT2D eigenvalue weighted by Crippen LogP contribution is -2.45. The maximum Gasteiger partial charge on any atom is 0.430 e. The molecule has 0 bridgehead atoms. The van der Waals surface area contributed by atoms with Gasteiger partial charge in [0.2, 0.25) is 0 Å². The van der Waals surface area contributed by atoms with Gasteiger partial charge < -0.3 is 19.4 Å². The van der Waals surface area contributed by atoms with Gasteiger partial charge in [0.25, 0.3) is 0 Å². The van der Waals surface area contributed by atoms with E-state index in [1.165, 1.54) is 12.3 Å². The first-order valence-electron chi connectivity index (χ1n) is 6.81. The Kier molecular flexibility index (Phi) is 3.80. The number of nitroso groups, excluding NO2 is 1. The van der Waals surface area contributed by atoms with Crippen molar-refractivity contribution in [1.82, 2.24) is 15.4 Å². The highest BCUT2D eigenvalue weighted by Gasteiger charge is 2.33. The number of fused-ring (bicyclic) bond motifs is 1. The zero-order chi connectivity index (χ0) is 16.4. The molecule has 0 saturated heterocycles. The summed E-state index contributed by atoms with van der Waals surface area (Å²) in [7, 11) is 0. The first-order chi connectivity index (χ1) is 11.0. The molecule has 1 aromatic heterocycles. The first-order valence-corrected chi connectivity index (χ1v) is 6.81. The number of amides is 1. The van der Waals surface area contributed by atoms with Gasteiger partial charge in [-0.05, 0) is 18.1 Å². The van der Waals surface area contributed by atoms with Gasteiger partial charge in [-0.1, -0.05) is 17.6 Å². The summed E-state index contributed by atoms with van der Waals surface area (Å²) in [5.74, 6) is -1.18. The Morgan fingerprint density at radius 3 is 3.00 bits per heavy atom. The van der Waals surface area contributed by atoms with Gasteiger partial charge in [0.1, 0.15) is 23.6 Å². The van der Waals surface area contributed by atoms with Gasteiger partial charge in [-0.2, -0.15) is 0 Å². The minimum Gasteiger partial charge on any atom is -0.669 e. The largest absolute Gasteiger partial charge is 0.669 e. The van der Waals surface area contributed by atoms with Crippen LogP contribution >= 0.6 is 0 Å². The first kappa shape index (κ1) is 15.1. The summed E-state index contributed by atoms with van der Waals surface area (Å²) in [5, 5.41) is 31.5. The summed E-state index contributed by atoms with van der Waals surface area (Å²) in [4.78, 5) is 22.5. The fraction of sp³-hybridized carbons (Fsp3) is 0.250. The van der Waals surface area contributed by atoms with Crippen molar-refractivity contribution in [2.24, 2.45) is 5.18 Å². The maximum absolute atomic E-state index is 11.8. The summed E-state index contributed by atoms with van der Waals surface area (Å²) in [6.45, 7) is -3.10. The van der Waals surface area contributed by atoms with Gasteiger partial charge in [-0.25, -0.2) is 0 Å². The minimum absolute atomic E-state index is 0.00566. The Labute approximate surface area is 129 Å². The number of hydrogen-bond donors (Lipinski definition) is 3. The Balaban J connectivity index is 1.98. The summed E-state index contributed by atoms with van der Waals surface area (Å²) in [5.41, 5.74) is 0.797. The fourth-order valence-corrected chi connectivity index (χ4v) is 2.35. The second kappa shape index (κ2) is 5.78. The normalized spacial score (nSPS) is 15.4. The predicted molar refractivity (Wildman–Crippen MR) is 76.6 cm³/mol. The molecule has 1 aromatic carbocycles. The van der Waals surface area contributed by atoms with Crippen LogP contribution in [0.15, 0.2) is 23.5 Å². The Morgan fingerprint density at radius 2 is 2.30 bits per heavy atom. The average molecular weight is 319 g/mol. The number of rotatable bonds is 4. The molecule has 11 heteroatoms. The molecule has 120 valence electrons. The second-order valence-electron chi connectivity index (χ2n) is 5.09. The van der Waals surface area contributed by atoms with Crippen molar-refractivity contribution in [2.45, 2.75) is 19.3 Å². The van der Waals surface area contributed by atoms with E-state index in [4.69, 9.17) is 9.39 Å². The Bertz CT molecular complexity index is 748. The van der Waals surface area contributed by atoms with E-state index in [1.54, 1.807) is 6.07 Å². The minimum atomic E-state index is -3.09. The van der Waals surface area contributed by atoms with Crippen LogP contribution in [0.4, 0.5) is 0 Å². The van der Waals surface area contributed by atoms with Crippen LogP contribution in [-0.2, 0) is 13.0 Å². The molecule has 0 radical (unpaired) electrons. The van der Waals surface area contributed by atoms with Crippen LogP contribution < -0.4 is 9.39 Å². The van der Waals surface area contributed by atoms with Gasteiger partial charge in [0.15, 0.2) is 0 Å². The van der Waals surface area contributed by atoms with Crippen molar-refractivity contribution in [1.29, 1.82) is 0 Å². The number of hydrogen-bond acceptors (Lipinski definition) is 8. The molecule has 0 unspecified atom stereocenters. The molecule has 1 aliphatic rings. The van der Waals surface area contributed by atoms with Gasteiger partial charge in [0, 0.05) is 11.4 Å². The van der Waals surface area contributed by atoms with Crippen molar-refractivity contribution < 1.29 is 24.2 Å². The number of ether oxygens (including phenoxy) is 1. The summed E-state index contributed by atoms with van der Waals surface area (Å²) in [6.07, 6.45) is 1.78. The van der Waals surface area contributed by atoms with Crippen molar-refractivity contribution in [3.05, 3.63) is 40.1 Å². The molecular weight excluding hydrogens is 307 g/mol. The van der Waals surface area contributed by atoms with Crippen LogP contribution in [0.1, 0.15) is 21.6 Å². The number of aryl methyl sites for hydroxylation is 1. The van der Waals surface area contributed by atoms with Gasteiger partial charge in [-0.15, -0.1) is 10.0 Å². The van der Waals surface area contributed by atoms with Gasteiger partial charge in [0.05, 0.1) is 5.75 Å². The fourth-order valence-electron chi connectivity index (χ4n) is 2.35. The van der Waals surface area contributed by atoms with Crippen molar-refractivity contribution in [2.75, 3.05) is 0 Å². The van der Waals surface area contributed by atoms with E-state index in [1.807, 2.05) is 0 Å². The number of aromatic amines is 1. The van der Waals surface area contributed by atoms with Gasteiger partial charge >= 0.3 is 12.7 Å². The zero-order valence-corrected chi connectivity index (χ0v) is 11.8. The van der Waals surface area contributed by atoms with Crippen LogP contribution in [0.2, 0.25) is 6.32 Å². The third kappa shape index (κ3) is 3.05. The summed E-state index contributed by atoms with van der Waals surface area (Å²) >= 11 is 0. The Morgan fingerprint density at radius 1 is 1.48 bits per heavy atom. The smallest absolute Gasteiger partial charge is 0.430 e.